The minimum atomic E-state index is -0.778. The third kappa shape index (κ3) is 58.0. The number of hydrogen-bond acceptors (Lipinski definition) is 6. The van der Waals surface area contributed by atoms with Crippen LogP contribution in [0, 0.1) is 0 Å². The molecule has 6 nitrogen and oxygen atoms in total. The maximum atomic E-state index is 12.9. The standard InChI is InChI=1S/C66H118O6/c1-4-7-10-13-16-19-22-24-26-28-30-31-32-33-34-35-36-38-39-41-44-47-50-53-56-59-65(68)71-62-63(61-70-64(67)58-55-52-49-46-43-21-18-15-12-9-6-3)72-66(69)60-57-54-51-48-45-42-40-37-29-27-25-23-20-17-14-11-8-5-2/h20,22-24,27-30,32-33,63H,4-19,21,25-26,31,34-62H2,1-3H3/b23-20-,24-22-,29-27-,30-28-,33-32-. The third-order valence-electron chi connectivity index (χ3n) is 13.7. The van der Waals surface area contributed by atoms with Gasteiger partial charge in [-0.05, 0) is 89.9 Å². The molecule has 1 atom stereocenters. The molecule has 0 aliphatic rings. The van der Waals surface area contributed by atoms with E-state index in [1.165, 1.54) is 199 Å². The Kier molecular flexibility index (Phi) is 58.2. The van der Waals surface area contributed by atoms with Crippen molar-refractivity contribution in [1.82, 2.24) is 0 Å². The monoisotopic (exact) mass is 1010 g/mol. The molecule has 0 N–H and O–H groups in total. The molecule has 0 fully saturated rings. The summed E-state index contributed by atoms with van der Waals surface area (Å²) in [5, 5.41) is 0. The first-order valence-corrected chi connectivity index (χ1v) is 31.3. The first-order valence-electron chi connectivity index (χ1n) is 31.3. The molecule has 0 amide bonds. The van der Waals surface area contributed by atoms with Gasteiger partial charge in [0.05, 0.1) is 0 Å². The number of ether oxygens (including phenoxy) is 3. The second-order valence-electron chi connectivity index (χ2n) is 21.0. The van der Waals surface area contributed by atoms with E-state index in [0.717, 1.165) is 83.5 Å². The number of allylic oxidation sites excluding steroid dienone is 10. The Morgan fingerprint density at radius 2 is 0.500 bits per heavy atom. The zero-order valence-corrected chi connectivity index (χ0v) is 47.9. The Balaban J connectivity index is 4.27. The van der Waals surface area contributed by atoms with Crippen molar-refractivity contribution in [2.45, 2.75) is 329 Å². The van der Waals surface area contributed by atoms with Crippen molar-refractivity contribution in [3.8, 4) is 0 Å². The van der Waals surface area contributed by atoms with Gasteiger partial charge >= 0.3 is 17.9 Å². The summed E-state index contributed by atoms with van der Waals surface area (Å²) in [5.74, 6) is -0.874. The highest BCUT2D eigenvalue weighted by Crippen LogP contribution is 2.16. The molecule has 1 unspecified atom stereocenters. The third-order valence-corrected chi connectivity index (χ3v) is 13.7. The molecule has 6 heteroatoms. The van der Waals surface area contributed by atoms with E-state index in [1.807, 2.05) is 0 Å². The highest BCUT2D eigenvalue weighted by molar-refractivity contribution is 5.71. The summed E-state index contributed by atoms with van der Waals surface area (Å²) in [6.45, 7) is 6.63. The van der Waals surface area contributed by atoms with E-state index in [0.29, 0.717) is 19.3 Å². The van der Waals surface area contributed by atoms with Crippen LogP contribution in [-0.4, -0.2) is 37.2 Å². The van der Waals surface area contributed by atoms with Crippen LogP contribution in [0.3, 0.4) is 0 Å². The van der Waals surface area contributed by atoms with Crippen molar-refractivity contribution in [3.63, 3.8) is 0 Å². The van der Waals surface area contributed by atoms with Crippen molar-refractivity contribution >= 4 is 17.9 Å². The summed E-state index contributed by atoms with van der Waals surface area (Å²) in [7, 11) is 0. The number of rotatable bonds is 57. The molecule has 0 spiro atoms. The average Bonchev–Trinajstić information content (AvgIpc) is 3.38. The van der Waals surface area contributed by atoms with Crippen molar-refractivity contribution in [1.29, 1.82) is 0 Å². The predicted molar refractivity (Wildman–Crippen MR) is 312 cm³/mol. The minimum absolute atomic E-state index is 0.0758. The van der Waals surface area contributed by atoms with Crippen LogP contribution in [0.2, 0.25) is 0 Å². The Bertz CT molecular complexity index is 1290. The molecule has 0 radical (unpaired) electrons. The number of unbranched alkanes of at least 4 members (excludes halogenated alkanes) is 36. The molecule has 0 heterocycles. The number of carbonyl (C=O) groups is 3. The molecule has 0 aromatic heterocycles. The summed E-state index contributed by atoms with van der Waals surface area (Å²) < 4.78 is 16.9. The van der Waals surface area contributed by atoms with Gasteiger partial charge in [-0.25, -0.2) is 0 Å². The van der Waals surface area contributed by atoms with E-state index in [9.17, 15) is 14.4 Å². The second kappa shape index (κ2) is 60.7. The average molecular weight is 1010 g/mol. The van der Waals surface area contributed by atoms with Gasteiger partial charge in [-0.2, -0.15) is 0 Å². The van der Waals surface area contributed by atoms with Gasteiger partial charge in [-0.1, -0.05) is 274 Å². The largest absolute Gasteiger partial charge is 0.462 e. The zero-order chi connectivity index (χ0) is 52.2. The lowest BCUT2D eigenvalue weighted by atomic mass is 10.0. The lowest BCUT2D eigenvalue weighted by molar-refractivity contribution is -0.167. The van der Waals surface area contributed by atoms with E-state index in [-0.39, 0.29) is 31.1 Å². The van der Waals surface area contributed by atoms with E-state index < -0.39 is 6.10 Å². The fraction of sp³-hybridized carbons (Fsp3) is 0.803. The summed E-state index contributed by atoms with van der Waals surface area (Å²) in [4.78, 5) is 38.2. The van der Waals surface area contributed by atoms with Gasteiger partial charge in [0.1, 0.15) is 13.2 Å². The van der Waals surface area contributed by atoms with E-state index >= 15 is 0 Å². The second-order valence-corrected chi connectivity index (χ2v) is 21.0. The Hall–Kier alpha value is -2.89. The fourth-order valence-corrected chi connectivity index (χ4v) is 9.01. The first-order chi connectivity index (χ1) is 35.5. The zero-order valence-electron chi connectivity index (χ0n) is 47.9. The van der Waals surface area contributed by atoms with Crippen molar-refractivity contribution < 1.29 is 28.6 Å². The first kappa shape index (κ1) is 69.1. The van der Waals surface area contributed by atoms with Crippen molar-refractivity contribution in [2.24, 2.45) is 0 Å². The Morgan fingerprint density at radius 1 is 0.278 bits per heavy atom. The lowest BCUT2D eigenvalue weighted by Crippen LogP contribution is -2.30. The van der Waals surface area contributed by atoms with Crippen LogP contribution in [0.15, 0.2) is 60.8 Å². The molecular weight excluding hydrogens is 889 g/mol. The number of hydrogen-bond donors (Lipinski definition) is 0. The van der Waals surface area contributed by atoms with Crippen LogP contribution in [0.4, 0.5) is 0 Å². The molecule has 0 aromatic rings. The van der Waals surface area contributed by atoms with Crippen molar-refractivity contribution in [3.05, 3.63) is 60.8 Å². The molecule has 72 heavy (non-hydrogen) atoms. The Morgan fingerprint density at radius 3 is 0.792 bits per heavy atom. The number of carbonyl (C=O) groups excluding carboxylic acids is 3. The maximum Gasteiger partial charge on any atom is 0.306 e. The molecule has 0 rings (SSSR count). The molecule has 0 aliphatic carbocycles. The predicted octanol–water partition coefficient (Wildman–Crippen LogP) is 21.2. The molecule has 0 aromatic carbocycles. The van der Waals surface area contributed by atoms with E-state index in [4.69, 9.17) is 14.2 Å². The molecule has 418 valence electrons. The van der Waals surface area contributed by atoms with Gasteiger partial charge in [-0.15, -0.1) is 0 Å². The fourth-order valence-electron chi connectivity index (χ4n) is 9.01. The van der Waals surface area contributed by atoms with Gasteiger partial charge in [-0.3, -0.25) is 14.4 Å². The Labute approximate surface area is 447 Å². The van der Waals surface area contributed by atoms with Crippen LogP contribution in [0.25, 0.3) is 0 Å². The normalized spacial score (nSPS) is 12.4. The summed E-state index contributed by atoms with van der Waals surface area (Å²) >= 11 is 0. The summed E-state index contributed by atoms with van der Waals surface area (Å²) in [6.07, 6.45) is 76.5. The minimum Gasteiger partial charge on any atom is -0.462 e. The van der Waals surface area contributed by atoms with Gasteiger partial charge in [0.25, 0.3) is 0 Å². The summed E-state index contributed by atoms with van der Waals surface area (Å²) in [5.41, 5.74) is 0. The van der Waals surface area contributed by atoms with Crippen LogP contribution < -0.4 is 0 Å². The molecule has 0 aliphatic heterocycles. The molecule has 0 bridgehead atoms. The SMILES string of the molecule is CCCCCC/C=C\C/C=C\CCCCCCCCCC(=O)OC(COC(=O)CCCCCCCCCCCCC)COC(=O)CCCCCCCCCCCC/C=C\C/C=C\C/C=C\CCCCCCC. The topological polar surface area (TPSA) is 78.9 Å². The van der Waals surface area contributed by atoms with Gasteiger partial charge in [0, 0.05) is 19.3 Å². The van der Waals surface area contributed by atoms with E-state index in [1.54, 1.807) is 0 Å². The quantitative estimate of drug-likeness (QED) is 0.0261. The highest BCUT2D eigenvalue weighted by atomic mass is 16.6. The van der Waals surface area contributed by atoms with Crippen LogP contribution in [0.1, 0.15) is 323 Å². The van der Waals surface area contributed by atoms with Gasteiger partial charge in [0.15, 0.2) is 6.10 Å². The van der Waals surface area contributed by atoms with Crippen LogP contribution >= 0.6 is 0 Å². The maximum absolute atomic E-state index is 12.9. The van der Waals surface area contributed by atoms with E-state index in [2.05, 4.69) is 81.5 Å². The number of esters is 3. The van der Waals surface area contributed by atoms with Crippen LogP contribution in [-0.2, 0) is 28.6 Å². The van der Waals surface area contributed by atoms with Crippen molar-refractivity contribution in [2.75, 3.05) is 13.2 Å². The van der Waals surface area contributed by atoms with Crippen LogP contribution in [0.5, 0.6) is 0 Å². The lowest BCUT2D eigenvalue weighted by Gasteiger charge is -2.18. The summed E-state index contributed by atoms with van der Waals surface area (Å²) in [6, 6.07) is 0. The molecular formula is C66H118O6. The van der Waals surface area contributed by atoms with Gasteiger partial charge < -0.3 is 14.2 Å². The van der Waals surface area contributed by atoms with Gasteiger partial charge in [0.2, 0.25) is 0 Å². The molecule has 0 saturated heterocycles. The smallest absolute Gasteiger partial charge is 0.306 e. The molecule has 0 saturated carbocycles. The highest BCUT2D eigenvalue weighted by Gasteiger charge is 2.19.